The molecule has 0 bridgehead atoms. The van der Waals surface area contributed by atoms with E-state index in [2.05, 4.69) is 13.8 Å². The van der Waals surface area contributed by atoms with E-state index in [1.54, 1.807) is 0 Å². The highest BCUT2D eigenvalue weighted by Crippen LogP contribution is 2.38. The summed E-state index contributed by atoms with van der Waals surface area (Å²) in [4.78, 5) is 37.8. The molecule has 71 heavy (non-hydrogen) atoms. The second kappa shape index (κ2) is 53.8. The molecule has 0 fully saturated rings. The molecule has 9 nitrogen and oxygen atoms in total. The number of unbranched alkanes of at least 4 members (excludes halogenated alkanes) is 45. The van der Waals surface area contributed by atoms with E-state index in [0.29, 0.717) is 17.4 Å². The van der Waals surface area contributed by atoms with Gasteiger partial charge in [0.1, 0.15) is 19.8 Å². The third-order valence-corrected chi connectivity index (χ3v) is 15.3. The highest BCUT2D eigenvalue weighted by atomic mass is 31.2. The van der Waals surface area contributed by atoms with Crippen molar-refractivity contribution in [1.82, 2.24) is 0 Å². The molecule has 0 saturated heterocycles. The quantitative estimate of drug-likeness (QED) is 0.0256. The van der Waals surface area contributed by atoms with Crippen LogP contribution in [0.3, 0.4) is 0 Å². The lowest BCUT2D eigenvalue weighted by Crippen LogP contribution is -2.37. The summed E-state index contributed by atoms with van der Waals surface area (Å²) >= 11 is 0. The van der Waals surface area contributed by atoms with Crippen LogP contribution in [0.25, 0.3) is 0 Å². The summed E-state index contributed by atoms with van der Waals surface area (Å²) in [6, 6.07) is 0. The number of rotatable bonds is 59. The summed E-state index contributed by atoms with van der Waals surface area (Å²) in [7, 11) is 1.19. The minimum atomic E-state index is -4.62. The molecule has 0 heterocycles. The van der Waals surface area contributed by atoms with Gasteiger partial charge in [-0.2, -0.15) is 0 Å². The minimum Gasteiger partial charge on any atom is -0.756 e. The van der Waals surface area contributed by atoms with Crippen molar-refractivity contribution in [2.45, 2.75) is 335 Å². The predicted molar refractivity (Wildman–Crippen MR) is 301 cm³/mol. The van der Waals surface area contributed by atoms with Crippen molar-refractivity contribution in [1.29, 1.82) is 0 Å². The highest BCUT2D eigenvalue weighted by molar-refractivity contribution is 7.45. The fourth-order valence-corrected chi connectivity index (χ4v) is 10.3. The number of esters is 2. The van der Waals surface area contributed by atoms with Gasteiger partial charge in [-0.15, -0.1) is 0 Å². The number of phosphoric acid groups is 1. The molecule has 0 radical (unpaired) electrons. The normalized spacial score (nSPS) is 13.2. The Balaban J connectivity index is 3.87. The molecule has 0 aromatic carbocycles. The van der Waals surface area contributed by atoms with E-state index in [1.807, 2.05) is 21.1 Å². The maximum Gasteiger partial charge on any atom is 0.306 e. The first kappa shape index (κ1) is 70.0. The van der Waals surface area contributed by atoms with Crippen LogP contribution in [0.4, 0.5) is 0 Å². The summed E-state index contributed by atoms with van der Waals surface area (Å²) in [6.07, 6.45) is 61.9. The number of ether oxygens (including phenoxy) is 2. The lowest BCUT2D eigenvalue weighted by Gasteiger charge is -2.28. The molecule has 0 aliphatic rings. The van der Waals surface area contributed by atoms with E-state index < -0.39 is 26.5 Å². The fourth-order valence-electron chi connectivity index (χ4n) is 9.54. The Labute approximate surface area is 442 Å². The number of carbonyl (C=O) groups excluding carboxylic acids is 2. The number of nitrogens with zero attached hydrogens (tertiary/aromatic N) is 1. The molecule has 0 spiro atoms. The number of quaternary nitrogens is 1. The van der Waals surface area contributed by atoms with Crippen molar-refractivity contribution in [3.05, 3.63) is 0 Å². The van der Waals surface area contributed by atoms with Crippen molar-refractivity contribution < 1.29 is 42.1 Å². The lowest BCUT2D eigenvalue weighted by atomic mass is 10.0. The van der Waals surface area contributed by atoms with Crippen LogP contribution in [0, 0.1) is 0 Å². The van der Waals surface area contributed by atoms with Crippen LogP contribution in [-0.4, -0.2) is 70.0 Å². The smallest absolute Gasteiger partial charge is 0.306 e. The topological polar surface area (TPSA) is 111 Å². The van der Waals surface area contributed by atoms with Gasteiger partial charge in [0, 0.05) is 12.8 Å². The molecular weight excluding hydrogens is 906 g/mol. The largest absolute Gasteiger partial charge is 0.756 e. The second-order valence-corrected chi connectivity index (χ2v) is 24.2. The molecule has 0 aromatic heterocycles. The van der Waals surface area contributed by atoms with Gasteiger partial charge in [-0.25, -0.2) is 0 Å². The Morgan fingerprint density at radius 1 is 0.380 bits per heavy atom. The van der Waals surface area contributed by atoms with Gasteiger partial charge >= 0.3 is 11.9 Å². The molecule has 0 aliphatic carbocycles. The van der Waals surface area contributed by atoms with Gasteiger partial charge < -0.3 is 27.9 Å². The highest BCUT2D eigenvalue weighted by Gasteiger charge is 2.22. The summed E-state index contributed by atoms with van der Waals surface area (Å²) in [6.45, 7) is 4.29. The first-order valence-electron chi connectivity index (χ1n) is 31.2. The molecule has 2 atom stereocenters. The van der Waals surface area contributed by atoms with Crippen LogP contribution in [0.15, 0.2) is 0 Å². The lowest BCUT2D eigenvalue weighted by molar-refractivity contribution is -0.870. The standard InChI is InChI=1S/C61H122NO8P/c1-6-8-10-12-14-16-18-20-21-22-23-24-25-26-27-28-29-30-31-32-33-34-35-36-37-38-39-40-41-42-44-46-48-50-52-54-61(64)70-59(58-69-71(65,66)68-56-55-62(3,4)5)57-67-60(63)53-51-49-47-45-43-19-17-15-13-11-9-7-2/h59H,6-58H2,1-5H3. The molecule has 0 aliphatic heterocycles. The van der Waals surface area contributed by atoms with Crippen LogP contribution in [0.1, 0.15) is 328 Å². The zero-order chi connectivity index (χ0) is 52.0. The van der Waals surface area contributed by atoms with Crippen LogP contribution in [-0.2, 0) is 32.7 Å². The first-order valence-corrected chi connectivity index (χ1v) is 32.7. The van der Waals surface area contributed by atoms with Crippen LogP contribution < -0.4 is 4.89 Å². The monoisotopic (exact) mass is 1030 g/mol. The average molecular weight is 1030 g/mol. The maximum absolute atomic E-state index is 12.8. The number of hydrogen-bond donors (Lipinski definition) is 0. The zero-order valence-electron chi connectivity index (χ0n) is 48.2. The number of phosphoric ester groups is 1. The molecule has 0 rings (SSSR count). The number of hydrogen-bond acceptors (Lipinski definition) is 8. The van der Waals surface area contributed by atoms with E-state index in [9.17, 15) is 19.0 Å². The van der Waals surface area contributed by atoms with Gasteiger partial charge in [0.05, 0.1) is 27.7 Å². The Morgan fingerprint density at radius 3 is 0.901 bits per heavy atom. The van der Waals surface area contributed by atoms with Gasteiger partial charge in [0.15, 0.2) is 6.10 Å². The van der Waals surface area contributed by atoms with Crippen LogP contribution in [0.2, 0.25) is 0 Å². The third kappa shape index (κ3) is 58.1. The summed E-state index contributed by atoms with van der Waals surface area (Å²) in [5.41, 5.74) is 0. The van der Waals surface area contributed by atoms with Crippen LogP contribution >= 0.6 is 7.82 Å². The van der Waals surface area contributed by atoms with E-state index >= 15 is 0 Å². The Bertz CT molecular complexity index is 1160. The van der Waals surface area contributed by atoms with Gasteiger partial charge in [-0.1, -0.05) is 303 Å². The van der Waals surface area contributed by atoms with Gasteiger partial charge in [0.25, 0.3) is 7.82 Å². The van der Waals surface area contributed by atoms with Crippen molar-refractivity contribution in [3.8, 4) is 0 Å². The summed E-state index contributed by atoms with van der Waals surface area (Å²) in [5, 5.41) is 0. The van der Waals surface area contributed by atoms with E-state index in [4.69, 9.17) is 18.5 Å². The second-order valence-electron chi connectivity index (χ2n) is 22.8. The maximum atomic E-state index is 12.8. The average Bonchev–Trinajstić information content (AvgIpc) is 3.33. The molecule has 2 unspecified atom stereocenters. The van der Waals surface area contributed by atoms with Gasteiger partial charge in [0.2, 0.25) is 0 Å². The Kier molecular flexibility index (Phi) is 53.1. The predicted octanol–water partition coefficient (Wildman–Crippen LogP) is 18.8. The third-order valence-electron chi connectivity index (χ3n) is 14.4. The molecule has 0 aromatic rings. The minimum absolute atomic E-state index is 0.0253. The summed E-state index contributed by atoms with van der Waals surface area (Å²) in [5.74, 6) is -0.812. The van der Waals surface area contributed by atoms with Crippen molar-refractivity contribution in [2.24, 2.45) is 0 Å². The molecule has 0 saturated carbocycles. The zero-order valence-corrected chi connectivity index (χ0v) is 49.1. The fraction of sp³-hybridized carbons (Fsp3) is 0.967. The van der Waals surface area contributed by atoms with E-state index in [1.165, 1.54) is 263 Å². The molecule has 0 N–H and O–H groups in total. The van der Waals surface area contributed by atoms with Gasteiger partial charge in [-0.05, 0) is 12.8 Å². The molecule has 424 valence electrons. The SMILES string of the molecule is CCCCCCCCCCCCCCCCCCCCCCCCCCCCCCCCCCCCCC(=O)OC(COC(=O)CCCCCCCCCCCCCC)COP(=O)([O-])OCC[N+](C)(C)C. The van der Waals surface area contributed by atoms with E-state index in [-0.39, 0.29) is 32.0 Å². The molecule has 0 amide bonds. The van der Waals surface area contributed by atoms with E-state index in [0.717, 1.165) is 32.1 Å². The molecular formula is C61H122NO8P. The Morgan fingerprint density at radius 2 is 0.634 bits per heavy atom. The van der Waals surface area contributed by atoms with Gasteiger partial charge in [-0.3, -0.25) is 14.2 Å². The van der Waals surface area contributed by atoms with Crippen molar-refractivity contribution in [2.75, 3.05) is 47.5 Å². The Hall–Kier alpha value is -0.990. The van der Waals surface area contributed by atoms with Crippen molar-refractivity contribution in [3.63, 3.8) is 0 Å². The van der Waals surface area contributed by atoms with Crippen molar-refractivity contribution >= 4 is 19.8 Å². The molecule has 10 heteroatoms. The van der Waals surface area contributed by atoms with Crippen LogP contribution in [0.5, 0.6) is 0 Å². The first-order chi connectivity index (χ1) is 34.5. The summed E-state index contributed by atoms with van der Waals surface area (Å²) < 4.78 is 34.1. The number of carbonyl (C=O) groups is 2. The number of likely N-dealkylation sites (N-methyl/N-ethyl adjacent to an activating group) is 1.